The lowest BCUT2D eigenvalue weighted by atomic mass is 10.0. The number of alkyl halides is 3. The molecule has 1 aliphatic rings. The van der Waals surface area contributed by atoms with Gasteiger partial charge in [0.1, 0.15) is 11.4 Å². The minimum Gasteiger partial charge on any atom is -0.493 e. The molecule has 0 saturated carbocycles. The van der Waals surface area contributed by atoms with E-state index in [9.17, 15) is 27.9 Å². The van der Waals surface area contributed by atoms with Crippen LogP contribution in [-0.4, -0.2) is 41.4 Å². The number of carbonyl (C=O) groups is 2. The van der Waals surface area contributed by atoms with Crippen molar-refractivity contribution >= 4 is 11.9 Å². The summed E-state index contributed by atoms with van der Waals surface area (Å²) < 4.78 is 46.6. The summed E-state index contributed by atoms with van der Waals surface area (Å²) >= 11 is 0. The number of halogens is 3. The zero-order chi connectivity index (χ0) is 20.3. The first-order valence-corrected chi connectivity index (χ1v) is 8.19. The zero-order valence-corrected chi connectivity index (χ0v) is 14.3. The molecule has 10 heteroatoms. The SMILES string of the molecule is O=C(NC(C(=O)O)c1ccc2c(c1)CCO2)c1cccc(OCC(F)(F)F)n1. The number of fused-ring (bicyclic) bond motifs is 1. The molecular formula is C18H15F3N2O5. The number of benzene rings is 1. The Hall–Kier alpha value is -3.30. The van der Waals surface area contributed by atoms with Gasteiger partial charge in [0.05, 0.1) is 6.61 Å². The van der Waals surface area contributed by atoms with Crippen LogP contribution in [0, 0.1) is 0 Å². The van der Waals surface area contributed by atoms with E-state index >= 15 is 0 Å². The number of aliphatic carboxylic acids is 1. The van der Waals surface area contributed by atoms with Crippen molar-refractivity contribution in [1.29, 1.82) is 0 Å². The second kappa shape index (κ2) is 7.75. The monoisotopic (exact) mass is 396 g/mol. The van der Waals surface area contributed by atoms with Crippen LogP contribution in [0.2, 0.25) is 0 Å². The molecule has 1 atom stereocenters. The molecule has 0 fully saturated rings. The Balaban J connectivity index is 1.75. The highest BCUT2D eigenvalue weighted by molar-refractivity contribution is 5.95. The lowest BCUT2D eigenvalue weighted by Gasteiger charge is -2.16. The highest BCUT2D eigenvalue weighted by Crippen LogP contribution is 2.28. The third-order valence-corrected chi connectivity index (χ3v) is 3.91. The van der Waals surface area contributed by atoms with E-state index in [-0.39, 0.29) is 5.69 Å². The fraction of sp³-hybridized carbons (Fsp3) is 0.278. The van der Waals surface area contributed by atoms with Gasteiger partial charge in [0, 0.05) is 12.5 Å². The molecule has 1 aromatic heterocycles. The third kappa shape index (κ3) is 4.70. The Morgan fingerprint density at radius 1 is 1.29 bits per heavy atom. The van der Waals surface area contributed by atoms with Gasteiger partial charge in [0.2, 0.25) is 5.88 Å². The van der Waals surface area contributed by atoms with Gasteiger partial charge < -0.3 is 19.9 Å². The van der Waals surface area contributed by atoms with Gasteiger partial charge in [-0.15, -0.1) is 0 Å². The molecule has 0 saturated heterocycles. The Morgan fingerprint density at radius 3 is 2.79 bits per heavy atom. The van der Waals surface area contributed by atoms with E-state index in [1.54, 1.807) is 12.1 Å². The average molecular weight is 396 g/mol. The van der Waals surface area contributed by atoms with Crippen LogP contribution >= 0.6 is 0 Å². The molecule has 1 amide bonds. The molecule has 1 aliphatic heterocycles. The normalized spacial score (nSPS) is 14.0. The highest BCUT2D eigenvalue weighted by Gasteiger charge is 2.29. The van der Waals surface area contributed by atoms with Crippen LogP contribution in [0.4, 0.5) is 13.2 Å². The lowest BCUT2D eigenvalue weighted by molar-refractivity contribution is -0.154. The van der Waals surface area contributed by atoms with Crippen LogP contribution in [0.25, 0.3) is 0 Å². The number of carbonyl (C=O) groups excluding carboxylic acids is 1. The summed E-state index contributed by atoms with van der Waals surface area (Å²) in [7, 11) is 0. The first kappa shape index (κ1) is 19.5. The lowest BCUT2D eigenvalue weighted by Crippen LogP contribution is -2.34. The van der Waals surface area contributed by atoms with Crippen LogP contribution in [0.15, 0.2) is 36.4 Å². The van der Waals surface area contributed by atoms with E-state index in [1.165, 1.54) is 18.2 Å². The fourth-order valence-corrected chi connectivity index (χ4v) is 2.66. The number of rotatable bonds is 6. The predicted molar refractivity (Wildman–Crippen MR) is 89.3 cm³/mol. The summed E-state index contributed by atoms with van der Waals surface area (Å²) in [5.74, 6) is -1.89. The molecular weight excluding hydrogens is 381 g/mol. The number of aromatic nitrogens is 1. The van der Waals surface area contributed by atoms with Crippen molar-refractivity contribution in [2.45, 2.75) is 18.6 Å². The second-order valence-corrected chi connectivity index (χ2v) is 5.98. The maximum atomic E-state index is 12.4. The quantitative estimate of drug-likeness (QED) is 0.779. The Labute approximate surface area is 157 Å². The predicted octanol–water partition coefficient (Wildman–Crippen LogP) is 2.51. The van der Waals surface area contributed by atoms with Crippen LogP contribution in [0.1, 0.15) is 27.7 Å². The van der Waals surface area contributed by atoms with Gasteiger partial charge >= 0.3 is 12.1 Å². The molecule has 1 unspecified atom stereocenters. The number of carboxylic acid groups (broad SMARTS) is 1. The summed E-state index contributed by atoms with van der Waals surface area (Å²) in [4.78, 5) is 27.7. The molecule has 2 aromatic rings. The summed E-state index contributed by atoms with van der Waals surface area (Å²) in [6.07, 6.45) is -3.92. The molecule has 148 valence electrons. The summed E-state index contributed by atoms with van der Waals surface area (Å²) in [6.45, 7) is -1.06. The topological polar surface area (TPSA) is 97.8 Å². The first-order chi connectivity index (χ1) is 13.2. The highest BCUT2D eigenvalue weighted by atomic mass is 19.4. The van der Waals surface area contributed by atoms with E-state index in [4.69, 9.17) is 4.74 Å². The van der Waals surface area contributed by atoms with Crippen molar-refractivity contribution in [3.05, 3.63) is 53.2 Å². The van der Waals surface area contributed by atoms with Crippen molar-refractivity contribution in [2.24, 2.45) is 0 Å². The van der Waals surface area contributed by atoms with Crippen molar-refractivity contribution < 1.29 is 37.3 Å². The number of hydrogen-bond acceptors (Lipinski definition) is 5. The largest absolute Gasteiger partial charge is 0.493 e. The van der Waals surface area contributed by atoms with E-state index in [0.717, 1.165) is 11.6 Å². The summed E-state index contributed by atoms with van der Waals surface area (Å²) in [5, 5.41) is 11.8. The number of amides is 1. The van der Waals surface area contributed by atoms with E-state index < -0.39 is 36.6 Å². The molecule has 2 N–H and O–H groups in total. The van der Waals surface area contributed by atoms with Gasteiger partial charge in [-0.25, -0.2) is 9.78 Å². The number of carboxylic acids is 1. The third-order valence-electron chi connectivity index (χ3n) is 3.91. The van der Waals surface area contributed by atoms with E-state index in [2.05, 4.69) is 15.0 Å². The van der Waals surface area contributed by atoms with Gasteiger partial charge in [-0.05, 0) is 29.3 Å². The molecule has 28 heavy (non-hydrogen) atoms. The minimum atomic E-state index is -4.55. The van der Waals surface area contributed by atoms with Crippen LogP contribution in [-0.2, 0) is 11.2 Å². The van der Waals surface area contributed by atoms with Crippen molar-refractivity contribution in [1.82, 2.24) is 10.3 Å². The smallest absolute Gasteiger partial charge is 0.422 e. The molecule has 3 rings (SSSR count). The Kier molecular flexibility index (Phi) is 5.39. The molecule has 1 aromatic carbocycles. The second-order valence-electron chi connectivity index (χ2n) is 5.98. The first-order valence-electron chi connectivity index (χ1n) is 8.19. The number of pyridine rings is 1. The van der Waals surface area contributed by atoms with Crippen molar-refractivity contribution in [2.75, 3.05) is 13.2 Å². The Morgan fingerprint density at radius 2 is 2.07 bits per heavy atom. The number of nitrogens with one attached hydrogen (secondary N) is 1. The van der Waals surface area contributed by atoms with Gasteiger partial charge in [-0.1, -0.05) is 12.1 Å². The standard InChI is InChI=1S/C18H15F3N2O5/c19-18(20,21)9-28-14-3-1-2-12(22-14)16(24)23-15(17(25)26)11-4-5-13-10(8-11)6-7-27-13/h1-5,8,15H,6-7,9H2,(H,23,24)(H,25,26). The fourth-order valence-electron chi connectivity index (χ4n) is 2.66. The van der Waals surface area contributed by atoms with Gasteiger partial charge in [0.25, 0.3) is 5.91 Å². The molecule has 2 heterocycles. The summed E-state index contributed by atoms with van der Waals surface area (Å²) in [6, 6.07) is 7.12. The maximum Gasteiger partial charge on any atom is 0.422 e. The Bertz CT molecular complexity index is 901. The van der Waals surface area contributed by atoms with Gasteiger partial charge in [0.15, 0.2) is 12.6 Å². The van der Waals surface area contributed by atoms with Gasteiger partial charge in [-0.2, -0.15) is 13.2 Å². The molecule has 0 radical (unpaired) electrons. The van der Waals surface area contributed by atoms with Crippen LogP contribution in [0.5, 0.6) is 11.6 Å². The number of hydrogen-bond donors (Lipinski definition) is 2. The maximum absolute atomic E-state index is 12.4. The molecule has 7 nitrogen and oxygen atoms in total. The van der Waals surface area contributed by atoms with Crippen molar-refractivity contribution in [3.63, 3.8) is 0 Å². The van der Waals surface area contributed by atoms with Crippen LogP contribution < -0.4 is 14.8 Å². The zero-order valence-electron chi connectivity index (χ0n) is 14.3. The minimum absolute atomic E-state index is 0.268. The molecule has 0 aliphatic carbocycles. The van der Waals surface area contributed by atoms with Crippen molar-refractivity contribution in [3.8, 4) is 11.6 Å². The summed E-state index contributed by atoms with van der Waals surface area (Å²) in [5.41, 5.74) is 0.906. The van der Waals surface area contributed by atoms with Crippen LogP contribution in [0.3, 0.4) is 0 Å². The van der Waals surface area contributed by atoms with E-state index in [1.807, 2.05) is 0 Å². The van der Waals surface area contributed by atoms with E-state index in [0.29, 0.717) is 24.3 Å². The average Bonchev–Trinajstić information content (AvgIpc) is 3.11. The molecule has 0 bridgehead atoms. The van der Waals surface area contributed by atoms with Gasteiger partial charge in [-0.3, -0.25) is 4.79 Å². The molecule has 0 spiro atoms. The number of ether oxygens (including phenoxy) is 2. The number of nitrogens with zero attached hydrogens (tertiary/aromatic N) is 1.